The van der Waals surface area contributed by atoms with E-state index in [2.05, 4.69) is 148 Å². The van der Waals surface area contributed by atoms with Gasteiger partial charge in [-0.25, -0.2) is 0 Å². The van der Waals surface area contributed by atoms with Crippen LogP contribution in [0.5, 0.6) is 0 Å². The van der Waals surface area contributed by atoms with Gasteiger partial charge in [0.1, 0.15) is 19.4 Å². The van der Waals surface area contributed by atoms with E-state index in [0.29, 0.717) is 0 Å². The summed E-state index contributed by atoms with van der Waals surface area (Å²) >= 11 is 12.8. The van der Waals surface area contributed by atoms with Crippen LogP contribution in [-0.4, -0.2) is 4.21 Å². The topological polar surface area (TPSA) is 3.24 Å². The molecule has 0 aromatic heterocycles. The zero-order valence-electron chi connectivity index (χ0n) is 16.9. The van der Waals surface area contributed by atoms with Crippen LogP contribution >= 0.6 is 87.7 Å². The molecule has 6 rings (SSSR count). The first kappa shape index (κ1) is 22.5. The van der Waals surface area contributed by atoms with Crippen LogP contribution in [0.1, 0.15) is 16.7 Å². The Hall–Kier alpha value is 1.01. The van der Waals surface area contributed by atoms with E-state index in [9.17, 15) is 0 Å². The molecule has 31 heavy (non-hydrogen) atoms. The zero-order valence-corrected chi connectivity index (χ0v) is 24.5. The van der Waals surface area contributed by atoms with E-state index >= 15 is 0 Å². The minimum Gasteiger partial charge on any atom is -0.182 e. The molecule has 0 bridgehead atoms. The van der Waals surface area contributed by atoms with Gasteiger partial charge in [-0.15, -0.1) is 0 Å². The Bertz CT molecular complexity index is 1050. The van der Waals surface area contributed by atoms with E-state index in [-0.39, 0.29) is 19.4 Å². The summed E-state index contributed by atoms with van der Waals surface area (Å²) in [6.45, 7) is 5.58. The Morgan fingerprint density at radius 3 is 1.06 bits per heavy atom. The van der Waals surface area contributed by atoms with Crippen molar-refractivity contribution in [2.24, 2.45) is 0 Å². The average molecular weight is 570 g/mol. The van der Waals surface area contributed by atoms with Crippen LogP contribution in [0.2, 0.25) is 0 Å². The Kier molecular flexibility index (Phi) is 6.69. The monoisotopic (exact) mass is 569 g/mol. The molecule has 3 aromatic rings. The maximum absolute atomic E-state index is 2.96. The van der Waals surface area contributed by atoms with Crippen molar-refractivity contribution in [2.75, 3.05) is 0 Å². The number of nitrogens with zero attached hydrogens (tertiary/aromatic N) is 1. The lowest BCUT2D eigenvalue weighted by atomic mass is 10.2. The quantitative estimate of drug-likeness (QED) is 0.285. The summed E-state index contributed by atoms with van der Waals surface area (Å²) < 4.78 is 2.96. The molecule has 0 spiro atoms. The second kappa shape index (κ2) is 9.23. The van der Waals surface area contributed by atoms with Gasteiger partial charge in [-0.1, -0.05) is 86.5 Å². The second-order valence-corrected chi connectivity index (χ2v) is 26.3. The van der Waals surface area contributed by atoms with Gasteiger partial charge in [-0.2, -0.15) is 4.21 Å². The molecule has 10 heteroatoms. The molecule has 0 fully saturated rings. The van der Waals surface area contributed by atoms with Crippen LogP contribution in [0.4, 0.5) is 0 Å². The highest BCUT2D eigenvalue weighted by Gasteiger charge is 2.45. The molecule has 0 radical (unpaired) electrons. The first-order chi connectivity index (χ1) is 15.0. The SMILES string of the molecule is Cc1ccc2c(c1)S[P@](N([P@@]1Sc3ccc(C)cc3S1)[P@@]1Sc3ccc(C)cc3S1)S2. The molecule has 3 heterocycles. The minimum atomic E-state index is -0.349. The zero-order chi connectivity index (χ0) is 21.1. The highest BCUT2D eigenvalue weighted by molar-refractivity contribution is 9.00. The van der Waals surface area contributed by atoms with Gasteiger partial charge in [-0.3, -0.25) is 0 Å². The Balaban J connectivity index is 1.33. The summed E-state index contributed by atoms with van der Waals surface area (Å²) in [6.07, 6.45) is 0. The molecule has 3 aliphatic heterocycles. The first-order valence-electron chi connectivity index (χ1n) is 9.63. The van der Waals surface area contributed by atoms with Crippen LogP contribution in [0.25, 0.3) is 0 Å². The van der Waals surface area contributed by atoms with E-state index in [1.807, 2.05) is 0 Å². The summed E-state index contributed by atoms with van der Waals surface area (Å²) in [6, 6.07) is 21.0. The van der Waals surface area contributed by atoms with Crippen molar-refractivity contribution in [1.29, 1.82) is 0 Å². The number of rotatable bonds is 3. The number of fused-ring (bicyclic) bond motifs is 3. The van der Waals surface area contributed by atoms with Crippen molar-refractivity contribution < 1.29 is 0 Å². The summed E-state index contributed by atoms with van der Waals surface area (Å²) in [5.74, 6) is 0. The Labute approximate surface area is 211 Å². The number of benzene rings is 3. The van der Waals surface area contributed by atoms with Gasteiger partial charge >= 0.3 is 0 Å². The molecule has 3 atom stereocenters. The largest absolute Gasteiger partial charge is 0.182 e. The Morgan fingerprint density at radius 2 is 0.742 bits per heavy atom. The molecule has 0 unspecified atom stereocenters. The van der Waals surface area contributed by atoms with Crippen molar-refractivity contribution in [3.8, 4) is 0 Å². The summed E-state index contributed by atoms with van der Waals surface area (Å²) in [5, 5.41) is 0. The molecule has 0 saturated heterocycles. The van der Waals surface area contributed by atoms with Crippen molar-refractivity contribution in [3.05, 3.63) is 71.3 Å². The predicted molar refractivity (Wildman–Crippen MR) is 151 cm³/mol. The summed E-state index contributed by atoms with van der Waals surface area (Å²) in [4.78, 5) is 8.87. The molecule has 0 aliphatic carbocycles. The maximum Gasteiger partial charge on any atom is 0.108 e. The van der Waals surface area contributed by atoms with Gasteiger partial charge in [-0.05, 0) is 73.9 Å². The van der Waals surface area contributed by atoms with Crippen LogP contribution < -0.4 is 0 Å². The molecule has 158 valence electrons. The fourth-order valence-corrected chi connectivity index (χ4v) is 39.8. The second-order valence-electron chi connectivity index (χ2n) is 7.38. The third-order valence-corrected chi connectivity index (χ3v) is 31.2. The van der Waals surface area contributed by atoms with Crippen LogP contribution in [0.15, 0.2) is 84.0 Å². The van der Waals surface area contributed by atoms with Gasteiger partial charge in [0.2, 0.25) is 0 Å². The summed E-state index contributed by atoms with van der Waals surface area (Å²) in [7, 11) is 0. The first-order valence-corrected chi connectivity index (χ1v) is 22.0. The van der Waals surface area contributed by atoms with Gasteiger partial charge in [0, 0.05) is 29.4 Å². The number of hydrogen-bond donors (Lipinski definition) is 0. The van der Waals surface area contributed by atoms with Crippen molar-refractivity contribution in [1.82, 2.24) is 4.21 Å². The molecular formula is C21H18NP3S6. The predicted octanol–water partition coefficient (Wildman–Crippen LogP) is 11.6. The number of hydrogen-bond acceptors (Lipinski definition) is 7. The third kappa shape index (κ3) is 4.52. The fourth-order valence-electron chi connectivity index (χ4n) is 3.24. The highest BCUT2D eigenvalue weighted by Crippen LogP contribution is 2.97. The van der Waals surface area contributed by atoms with Gasteiger partial charge in [0.15, 0.2) is 0 Å². The lowest BCUT2D eigenvalue weighted by Gasteiger charge is -2.33. The van der Waals surface area contributed by atoms with E-state index < -0.39 is 0 Å². The highest BCUT2D eigenvalue weighted by atomic mass is 33.1. The van der Waals surface area contributed by atoms with E-state index in [0.717, 1.165) is 0 Å². The van der Waals surface area contributed by atoms with Gasteiger partial charge in [0.25, 0.3) is 0 Å². The molecule has 0 amide bonds. The third-order valence-electron chi connectivity index (χ3n) is 4.79. The number of aryl methyl sites for hydroxylation is 3. The van der Waals surface area contributed by atoms with Crippen LogP contribution in [-0.2, 0) is 0 Å². The molecule has 3 aliphatic rings. The van der Waals surface area contributed by atoms with Gasteiger partial charge in [0.05, 0.1) is 0 Å². The normalized spacial score (nSPS) is 23.8. The average Bonchev–Trinajstić information content (AvgIpc) is 3.43. The lowest BCUT2D eigenvalue weighted by Crippen LogP contribution is -1.92. The van der Waals surface area contributed by atoms with Crippen molar-refractivity contribution in [2.45, 2.75) is 50.1 Å². The van der Waals surface area contributed by atoms with Crippen molar-refractivity contribution >= 4 is 87.7 Å². The molecule has 0 saturated carbocycles. The Morgan fingerprint density at radius 1 is 0.452 bits per heavy atom. The molecule has 3 aromatic carbocycles. The van der Waals surface area contributed by atoms with Crippen LogP contribution in [0.3, 0.4) is 0 Å². The van der Waals surface area contributed by atoms with E-state index in [1.54, 1.807) is 0 Å². The fraction of sp³-hybridized carbons (Fsp3) is 0.143. The van der Waals surface area contributed by atoms with E-state index in [1.165, 1.54) is 46.1 Å². The van der Waals surface area contributed by atoms with Crippen LogP contribution in [0, 0.1) is 20.8 Å². The molecule has 1 nitrogen and oxygen atoms in total. The molecule has 0 N–H and O–H groups in total. The maximum atomic E-state index is 2.96. The summed E-state index contributed by atoms with van der Waals surface area (Å²) in [5.41, 5.74) is 4.10. The minimum absolute atomic E-state index is 0.349. The van der Waals surface area contributed by atoms with Gasteiger partial charge < -0.3 is 0 Å². The molecular weight excluding hydrogens is 552 g/mol. The van der Waals surface area contributed by atoms with E-state index in [4.69, 9.17) is 0 Å². The standard InChI is InChI=1S/C21H18NP3S6/c1-13-4-7-16-19(10-13)29-23(26-16)22(24-27-17-8-5-14(2)11-20(17)30-24)25-28-18-9-6-15(3)12-21(18)31-25/h4-12H,1-3H3/t23-,24-,25+/m0/s1. The lowest BCUT2D eigenvalue weighted by molar-refractivity contribution is 1.23. The van der Waals surface area contributed by atoms with Crippen molar-refractivity contribution in [3.63, 3.8) is 0 Å². The smallest absolute Gasteiger partial charge is 0.108 e.